The molecule has 0 aliphatic carbocycles. The average Bonchev–Trinajstić information content (AvgIpc) is 3.56. The van der Waals surface area contributed by atoms with Gasteiger partial charge in [-0.1, -0.05) is 84.6 Å². The number of amides is 1. The number of hydrogen-bond acceptors (Lipinski definition) is 7. The number of aromatic amines is 1. The van der Waals surface area contributed by atoms with E-state index in [-0.39, 0.29) is 29.6 Å². The van der Waals surface area contributed by atoms with Crippen molar-refractivity contribution in [3.8, 4) is 34.3 Å². The summed E-state index contributed by atoms with van der Waals surface area (Å²) in [4.78, 5) is 17.0. The van der Waals surface area contributed by atoms with Gasteiger partial charge in [0.05, 0.1) is 5.75 Å². The number of furan rings is 1. The molecule has 2 N–H and O–H groups in total. The summed E-state index contributed by atoms with van der Waals surface area (Å²) in [5, 5.41) is 19.8. The second-order valence-corrected chi connectivity index (χ2v) is 8.92. The Hall–Kier alpha value is -4.88. The van der Waals surface area contributed by atoms with E-state index >= 15 is 0 Å². The lowest BCUT2D eigenvalue weighted by atomic mass is 9.98. The van der Waals surface area contributed by atoms with Gasteiger partial charge in [-0.15, -0.1) is 5.10 Å². The summed E-state index contributed by atoms with van der Waals surface area (Å²) in [5.74, 6) is 0.156. The minimum atomic E-state index is -0.473. The van der Waals surface area contributed by atoms with Gasteiger partial charge in [-0.25, -0.2) is 9.37 Å². The summed E-state index contributed by atoms with van der Waals surface area (Å²) in [7, 11) is 0. The number of benzene rings is 3. The molecule has 0 spiro atoms. The lowest BCUT2D eigenvalue weighted by Crippen LogP contribution is -2.14. The topological polar surface area (TPSA) is 117 Å². The van der Waals surface area contributed by atoms with Crippen molar-refractivity contribution in [2.75, 3.05) is 11.1 Å². The number of halogens is 1. The van der Waals surface area contributed by atoms with E-state index in [0.717, 1.165) is 22.9 Å². The predicted octanol–water partition coefficient (Wildman–Crippen LogP) is 6.05. The maximum atomic E-state index is 13.7. The van der Waals surface area contributed by atoms with Crippen molar-refractivity contribution < 1.29 is 18.3 Å². The molecule has 188 valence electrons. The summed E-state index contributed by atoms with van der Waals surface area (Å²) in [6.45, 7) is -0.0108. The van der Waals surface area contributed by atoms with E-state index in [1.807, 2.05) is 60.7 Å². The van der Waals surface area contributed by atoms with Crippen LogP contribution in [0.25, 0.3) is 22.5 Å². The zero-order chi connectivity index (χ0) is 26.3. The molecule has 5 aromatic rings. The second kappa shape index (κ2) is 11.5. The van der Waals surface area contributed by atoms with Gasteiger partial charge in [-0.3, -0.25) is 15.2 Å². The number of anilines is 1. The van der Waals surface area contributed by atoms with E-state index in [4.69, 9.17) is 9.15 Å². The molecule has 0 bridgehead atoms. The molecule has 0 aliphatic heterocycles. The normalized spacial score (nSPS) is 10.6. The Labute approximate surface area is 221 Å². The van der Waals surface area contributed by atoms with E-state index in [1.165, 1.54) is 12.1 Å². The maximum Gasteiger partial charge on any atom is 0.237 e. The molecule has 3 aromatic carbocycles. The fraction of sp³-hybridized carbons (Fsp3) is 0.0714. The number of nitrogens with zero attached hydrogens (tertiary/aromatic N) is 3. The van der Waals surface area contributed by atoms with Gasteiger partial charge in [-0.2, -0.15) is 5.26 Å². The summed E-state index contributed by atoms with van der Waals surface area (Å²) >= 11 is 1.09. The molecule has 38 heavy (non-hydrogen) atoms. The van der Waals surface area contributed by atoms with Gasteiger partial charge in [-0.05, 0) is 17.7 Å². The summed E-state index contributed by atoms with van der Waals surface area (Å²) < 4.78 is 25.2. The van der Waals surface area contributed by atoms with Crippen LogP contribution >= 0.6 is 11.8 Å². The first-order valence-corrected chi connectivity index (χ1v) is 12.5. The number of nitriles is 1. The van der Waals surface area contributed by atoms with Gasteiger partial charge >= 0.3 is 0 Å². The number of H-pyrrole nitrogens is 1. The molecule has 0 saturated heterocycles. The van der Waals surface area contributed by atoms with Gasteiger partial charge in [0, 0.05) is 11.1 Å². The van der Waals surface area contributed by atoms with Gasteiger partial charge in [0.1, 0.15) is 24.0 Å². The predicted molar refractivity (Wildman–Crippen MR) is 141 cm³/mol. The van der Waals surface area contributed by atoms with Crippen LogP contribution in [0.2, 0.25) is 0 Å². The van der Waals surface area contributed by atoms with Gasteiger partial charge in [0.15, 0.2) is 17.4 Å². The Balaban J connectivity index is 1.28. The number of carbonyl (C=O) groups excluding carboxylic acids is 1. The highest BCUT2D eigenvalue weighted by atomic mass is 32.2. The molecule has 0 aliphatic rings. The second-order valence-electron chi connectivity index (χ2n) is 7.97. The molecule has 0 atom stereocenters. The smallest absolute Gasteiger partial charge is 0.237 e. The van der Waals surface area contributed by atoms with E-state index in [0.29, 0.717) is 22.3 Å². The van der Waals surface area contributed by atoms with E-state index < -0.39 is 11.7 Å². The number of nitrogens with one attached hydrogen (secondary N) is 2. The Kier molecular flexibility index (Phi) is 7.47. The fourth-order valence-corrected chi connectivity index (χ4v) is 4.32. The molecule has 0 fully saturated rings. The van der Waals surface area contributed by atoms with E-state index in [2.05, 4.69) is 26.6 Å². The lowest BCUT2D eigenvalue weighted by Gasteiger charge is -2.04. The Bertz CT molecular complexity index is 1600. The van der Waals surface area contributed by atoms with Crippen LogP contribution in [0, 0.1) is 17.1 Å². The quantitative estimate of drug-likeness (QED) is 0.225. The first kappa shape index (κ1) is 24.8. The zero-order valence-corrected chi connectivity index (χ0v) is 20.7. The van der Waals surface area contributed by atoms with Crippen molar-refractivity contribution in [2.45, 2.75) is 11.8 Å². The summed E-state index contributed by atoms with van der Waals surface area (Å²) in [6.07, 6.45) is 0. The highest BCUT2D eigenvalue weighted by molar-refractivity contribution is 7.99. The van der Waals surface area contributed by atoms with Crippen LogP contribution < -0.4 is 10.1 Å². The van der Waals surface area contributed by atoms with Crippen LogP contribution in [-0.2, 0) is 11.4 Å². The SMILES string of the molecule is N#Cc1c(NC(=O)CSc2n[nH]c(COc3ccccc3F)n2)oc(-c2ccccc2)c1-c1ccccc1. The van der Waals surface area contributed by atoms with E-state index in [1.54, 1.807) is 12.1 Å². The molecular formula is C28H20FN5O3S. The molecule has 10 heteroatoms. The first-order valence-electron chi connectivity index (χ1n) is 11.5. The van der Waals surface area contributed by atoms with Crippen molar-refractivity contribution >= 4 is 23.6 Å². The molecular weight excluding hydrogens is 505 g/mol. The number of aromatic nitrogens is 3. The van der Waals surface area contributed by atoms with Crippen LogP contribution in [0.3, 0.4) is 0 Å². The van der Waals surface area contributed by atoms with Crippen molar-refractivity contribution in [2.24, 2.45) is 0 Å². The molecule has 0 radical (unpaired) electrons. The van der Waals surface area contributed by atoms with Crippen LogP contribution in [0.15, 0.2) is 94.5 Å². The highest BCUT2D eigenvalue weighted by Gasteiger charge is 2.24. The van der Waals surface area contributed by atoms with Crippen LogP contribution in [0.4, 0.5) is 10.3 Å². The Morgan fingerprint density at radius 1 is 1.03 bits per heavy atom. The van der Waals surface area contributed by atoms with Crippen molar-refractivity contribution in [1.29, 1.82) is 5.26 Å². The van der Waals surface area contributed by atoms with Crippen molar-refractivity contribution in [3.63, 3.8) is 0 Å². The zero-order valence-electron chi connectivity index (χ0n) is 19.8. The first-order chi connectivity index (χ1) is 18.6. The number of carbonyl (C=O) groups is 1. The molecule has 5 rings (SSSR count). The van der Waals surface area contributed by atoms with Gasteiger partial charge in [0.25, 0.3) is 0 Å². The van der Waals surface area contributed by atoms with Crippen LogP contribution in [-0.4, -0.2) is 26.8 Å². The maximum absolute atomic E-state index is 13.7. The highest BCUT2D eigenvalue weighted by Crippen LogP contribution is 2.41. The minimum absolute atomic E-state index is 0.0108. The average molecular weight is 526 g/mol. The molecule has 2 aromatic heterocycles. The number of ether oxygens (including phenoxy) is 1. The third-order valence-corrected chi connectivity index (χ3v) is 6.26. The molecule has 1 amide bonds. The summed E-state index contributed by atoms with van der Waals surface area (Å²) in [5.41, 5.74) is 2.42. The third-order valence-electron chi connectivity index (χ3n) is 5.42. The van der Waals surface area contributed by atoms with Crippen molar-refractivity contribution in [3.05, 3.63) is 102 Å². The minimum Gasteiger partial charge on any atom is -0.483 e. The molecule has 2 heterocycles. The summed E-state index contributed by atoms with van der Waals surface area (Å²) in [6, 6.07) is 27.0. The monoisotopic (exact) mass is 525 g/mol. The van der Waals surface area contributed by atoms with Crippen molar-refractivity contribution in [1.82, 2.24) is 15.2 Å². The lowest BCUT2D eigenvalue weighted by molar-refractivity contribution is -0.113. The number of para-hydroxylation sites is 1. The Morgan fingerprint density at radius 2 is 1.71 bits per heavy atom. The largest absolute Gasteiger partial charge is 0.483 e. The number of rotatable bonds is 9. The third kappa shape index (κ3) is 5.58. The van der Waals surface area contributed by atoms with E-state index in [9.17, 15) is 14.4 Å². The molecule has 8 nitrogen and oxygen atoms in total. The standard InChI is InChI=1S/C28H20FN5O3S/c29-21-13-7-8-14-22(21)36-16-23-31-28(34-33-23)38-17-24(35)32-27-20(15-30)25(18-9-3-1-4-10-18)26(37-27)19-11-5-2-6-12-19/h1-14H,16-17H2,(H,32,35)(H,31,33,34). The Morgan fingerprint density at radius 3 is 2.42 bits per heavy atom. The molecule has 0 unspecified atom stereocenters. The van der Waals surface area contributed by atoms with Crippen LogP contribution in [0.1, 0.15) is 11.4 Å². The fourth-order valence-electron chi connectivity index (χ4n) is 3.71. The number of thioether (sulfide) groups is 1. The van der Waals surface area contributed by atoms with Crippen LogP contribution in [0.5, 0.6) is 5.75 Å². The molecule has 0 saturated carbocycles. The van der Waals surface area contributed by atoms with Gasteiger partial charge in [0.2, 0.25) is 16.9 Å². The van der Waals surface area contributed by atoms with Gasteiger partial charge < -0.3 is 9.15 Å². The number of hydrogen-bond donors (Lipinski definition) is 2.